The van der Waals surface area contributed by atoms with Crippen LogP contribution in [0.1, 0.15) is 11.1 Å². The number of anilines is 1. The van der Waals surface area contributed by atoms with Crippen LogP contribution in [0.2, 0.25) is 10.2 Å². The Morgan fingerprint density at radius 1 is 1.25 bits per heavy atom. The maximum absolute atomic E-state index is 13.8. The average Bonchev–Trinajstić information content (AvgIpc) is 2.70. The van der Waals surface area contributed by atoms with E-state index >= 15 is 0 Å². The monoisotopic (exact) mass is 308 g/mol. The first-order valence-electron chi connectivity index (χ1n) is 5.69. The maximum atomic E-state index is 13.8. The molecule has 0 fully saturated rings. The molecule has 0 radical (unpaired) electrons. The predicted octanol–water partition coefficient (Wildman–Crippen LogP) is 4.02. The van der Waals surface area contributed by atoms with Gasteiger partial charge < -0.3 is 5.32 Å². The molecule has 2 aromatic rings. The number of carbonyl (C=O) groups is 1. The summed E-state index contributed by atoms with van der Waals surface area (Å²) in [6.07, 6.45) is 2.82. The molecule has 20 heavy (non-hydrogen) atoms. The van der Waals surface area contributed by atoms with E-state index in [0.717, 1.165) is 0 Å². The normalized spacial score (nSPS) is 15.3. The molecule has 1 aromatic carbocycles. The Labute approximate surface area is 124 Å². The summed E-state index contributed by atoms with van der Waals surface area (Å²) in [6, 6.07) is 6.48. The van der Waals surface area contributed by atoms with E-state index in [1.165, 1.54) is 18.3 Å². The summed E-state index contributed by atoms with van der Waals surface area (Å²) in [5.74, 6) is -0.966. The number of amides is 1. The van der Waals surface area contributed by atoms with E-state index in [1.54, 1.807) is 18.2 Å². The van der Waals surface area contributed by atoms with Gasteiger partial charge in [-0.25, -0.2) is 9.37 Å². The molecule has 1 aliphatic heterocycles. The second-order valence-corrected chi connectivity index (χ2v) is 5.00. The number of benzene rings is 1. The molecule has 100 valence electrons. The van der Waals surface area contributed by atoms with Crippen molar-refractivity contribution in [1.82, 2.24) is 4.98 Å². The minimum Gasteiger partial charge on any atom is -0.321 e. The lowest BCUT2D eigenvalue weighted by atomic mass is 10.0. The standard InChI is InChI=1S/C14H7Cl2FN2O/c15-8-1-2-9-10(14(20)19-11(9)6-8)5-7-3-4-18-13(16)12(7)17/h1-6H,(H,19,20)/b10-5+. The van der Waals surface area contributed by atoms with Gasteiger partial charge in [0.05, 0.1) is 5.69 Å². The van der Waals surface area contributed by atoms with Crippen LogP contribution in [-0.2, 0) is 4.79 Å². The van der Waals surface area contributed by atoms with Crippen molar-refractivity contribution >= 4 is 46.4 Å². The van der Waals surface area contributed by atoms with Gasteiger partial charge in [0.25, 0.3) is 5.91 Å². The van der Waals surface area contributed by atoms with Crippen LogP contribution in [-0.4, -0.2) is 10.9 Å². The van der Waals surface area contributed by atoms with Gasteiger partial charge in [-0.1, -0.05) is 29.3 Å². The van der Waals surface area contributed by atoms with Gasteiger partial charge in [0.1, 0.15) is 0 Å². The van der Waals surface area contributed by atoms with E-state index in [-0.39, 0.29) is 16.6 Å². The van der Waals surface area contributed by atoms with Gasteiger partial charge in [-0.15, -0.1) is 0 Å². The highest BCUT2D eigenvalue weighted by Gasteiger charge is 2.24. The van der Waals surface area contributed by atoms with E-state index in [9.17, 15) is 9.18 Å². The third kappa shape index (κ3) is 2.17. The maximum Gasteiger partial charge on any atom is 0.256 e. The number of hydrogen-bond acceptors (Lipinski definition) is 2. The van der Waals surface area contributed by atoms with Gasteiger partial charge in [0.2, 0.25) is 0 Å². The van der Waals surface area contributed by atoms with Crippen LogP contribution in [0, 0.1) is 5.82 Å². The molecular formula is C14H7Cl2FN2O. The molecule has 0 saturated carbocycles. The predicted molar refractivity (Wildman–Crippen MR) is 77.2 cm³/mol. The molecule has 6 heteroatoms. The van der Waals surface area contributed by atoms with Crippen LogP contribution >= 0.6 is 23.2 Å². The first-order valence-corrected chi connectivity index (χ1v) is 6.45. The Morgan fingerprint density at radius 3 is 2.85 bits per heavy atom. The summed E-state index contributed by atoms with van der Waals surface area (Å²) in [7, 11) is 0. The quantitative estimate of drug-likeness (QED) is 0.638. The third-order valence-electron chi connectivity index (χ3n) is 2.94. The zero-order valence-corrected chi connectivity index (χ0v) is 11.5. The highest BCUT2D eigenvalue weighted by molar-refractivity contribution is 6.36. The second kappa shape index (κ2) is 4.89. The smallest absolute Gasteiger partial charge is 0.256 e. The molecule has 0 bridgehead atoms. The summed E-state index contributed by atoms with van der Waals surface area (Å²) < 4.78 is 13.8. The fourth-order valence-electron chi connectivity index (χ4n) is 2.01. The average molecular weight is 309 g/mol. The van der Waals surface area contributed by atoms with Crippen LogP contribution < -0.4 is 5.32 Å². The molecule has 0 atom stereocenters. The van der Waals surface area contributed by atoms with E-state index in [4.69, 9.17) is 23.2 Å². The summed E-state index contributed by atoms with van der Waals surface area (Å²) in [5.41, 5.74) is 1.84. The number of rotatable bonds is 1. The van der Waals surface area contributed by atoms with E-state index in [0.29, 0.717) is 21.8 Å². The van der Waals surface area contributed by atoms with Gasteiger partial charge in [0, 0.05) is 27.9 Å². The molecule has 3 nitrogen and oxygen atoms in total. The summed E-state index contributed by atoms with van der Waals surface area (Å²) >= 11 is 11.5. The van der Waals surface area contributed by atoms with Crippen molar-refractivity contribution in [1.29, 1.82) is 0 Å². The fraction of sp³-hybridized carbons (Fsp3) is 0. The first kappa shape index (κ1) is 13.1. The van der Waals surface area contributed by atoms with Gasteiger partial charge >= 0.3 is 0 Å². The minimum atomic E-state index is -0.656. The largest absolute Gasteiger partial charge is 0.321 e. The molecule has 2 heterocycles. The molecule has 1 N–H and O–H groups in total. The van der Waals surface area contributed by atoms with Gasteiger partial charge in [-0.2, -0.15) is 0 Å². The topological polar surface area (TPSA) is 42.0 Å². The Morgan fingerprint density at radius 2 is 2.05 bits per heavy atom. The first-order chi connectivity index (χ1) is 9.56. The van der Waals surface area contributed by atoms with Crippen molar-refractivity contribution < 1.29 is 9.18 Å². The Bertz CT molecular complexity index is 759. The molecular weight excluding hydrogens is 302 g/mol. The zero-order valence-electron chi connectivity index (χ0n) is 9.95. The van der Waals surface area contributed by atoms with Crippen LogP contribution in [0.25, 0.3) is 11.6 Å². The number of halogens is 3. The SMILES string of the molecule is O=C1Nc2cc(Cl)ccc2/C1=C\c1ccnc(Cl)c1F. The van der Waals surface area contributed by atoms with Crippen LogP contribution in [0.15, 0.2) is 30.5 Å². The lowest BCUT2D eigenvalue weighted by Crippen LogP contribution is -2.03. The minimum absolute atomic E-state index is 0.206. The number of hydrogen-bond donors (Lipinski definition) is 1. The third-order valence-corrected chi connectivity index (χ3v) is 3.44. The summed E-state index contributed by atoms with van der Waals surface area (Å²) in [6.45, 7) is 0. The van der Waals surface area contributed by atoms with Gasteiger partial charge in [0.15, 0.2) is 11.0 Å². The van der Waals surface area contributed by atoms with E-state index in [1.807, 2.05) is 0 Å². The molecule has 1 aromatic heterocycles. The van der Waals surface area contributed by atoms with E-state index in [2.05, 4.69) is 10.3 Å². The molecule has 1 aliphatic rings. The summed E-state index contributed by atoms with van der Waals surface area (Å²) in [5, 5.41) is 2.97. The number of fused-ring (bicyclic) bond motifs is 1. The van der Waals surface area contributed by atoms with Crippen LogP contribution in [0.5, 0.6) is 0 Å². The number of nitrogens with zero attached hydrogens (tertiary/aromatic N) is 1. The molecule has 1 amide bonds. The van der Waals surface area contributed by atoms with Crippen molar-refractivity contribution in [2.24, 2.45) is 0 Å². The van der Waals surface area contributed by atoms with Crippen molar-refractivity contribution in [3.63, 3.8) is 0 Å². The Kier molecular flexibility index (Phi) is 3.20. The summed E-state index contributed by atoms with van der Waals surface area (Å²) in [4.78, 5) is 15.6. The molecule has 0 aliphatic carbocycles. The number of nitrogens with one attached hydrogen (secondary N) is 1. The number of aromatic nitrogens is 1. The van der Waals surface area contributed by atoms with E-state index < -0.39 is 5.82 Å². The van der Waals surface area contributed by atoms with Crippen LogP contribution in [0.3, 0.4) is 0 Å². The lowest BCUT2D eigenvalue weighted by Gasteiger charge is -2.01. The van der Waals surface area contributed by atoms with Crippen LogP contribution in [0.4, 0.5) is 10.1 Å². The molecule has 3 rings (SSSR count). The highest BCUT2D eigenvalue weighted by Crippen LogP contribution is 2.35. The molecule has 0 unspecified atom stereocenters. The van der Waals surface area contributed by atoms with Crippen molar-refractivity contribution in [3.8, 4) is 0 Å². The number of carbonyl (C=O) groups excluding carboxylic acids is 1. The van der Waals surface area contributed by atoms with Gasteiger partial charge in [-0.3, -0.25) is 4.79 Å². The lowest BCUT2D eigenvalue weighted by molar-refractivity contribution is -0.110. The molecule has 0 saturated heterocycles. The highest BCUT2D eigenvalue weighted by atomic mass is 35.5. The Hall–Kier alpha value is -1.91. The van der Waals surface area contributed by atoms with Crippen molar-refractivity contribution in [2.45, 2.75) is 0 Å². The van der Waals surface area contributed by atoms with Gasteiger partial charge in [-0.05, 0) is 24.3 Å². The zero-order chi connectivity index (χ0) is 14.3. The van der Waals surface area contributed by atoms with Crippen molar-refractivity contribution in [3.05, 3.63) is 57.6 Å². The Balaban J connectivity index is 2.14. The second-order valence-electron chi connectivity index (χ2n) is 4.21. The fourth-order valence-corrected chi connectivity index (χ4v) is 2.35. The number of pyridine rings is 1. The van der Waals surface area contributed by atoms with Crippen molar-refractivity contribution in [2.75, 3.05) is 5.32 Å². The molecule has 0 spiro atoms.